The summed E-state index contributed by atoms with van der Waals surface area (Å²) in [4.78, 5) is 65.8. The van der Waals surface area contributed by atoms with Crippen LogP contribution in [0.4, 0.5) is 0 Å². The number of amides is 3. The van der Waals surface area contributed by atoms with E-state index < -0.39 is 42.0 Å². The Balaban J connectivity index is 1.73. The van der Waals surface area contributed by atoms with Crippen molar-refractivity contribution in [3.63, 3.8) is 0 Å². The molecule has 1 saturated heterocycles. The van der Waals surface area contributed by atoms with Crippen molar-refractivity contribution in [2.24, 2.45) is 11.7 Å². The highest BCUT2D eigenvalue weighted by molar-refractivity contribution is 5.94. The van der Waals surface area contributed by atoms with Crippen molar-refractivity contribution >= 4 is 23.7 Å². The summed E-state index contributed by atoms with van der Waals surface area (Å²) in [6, 6.07) is -3.82. The molecule has 4 atom stereocenters. The van der Waals surface area contributed by atoms with E-state index in [1.165, 1.54) is 29.9 Å². The smallest absolute Gasteiger partial charge is 0.326 e. The van der Waals surface area contributed by atoms with E-state index in [9.17, 15) is 24.3 Å². The van der Waals surface area contributed by atoms with Crippen molar-refractivity contribution in [2.75, 3.05) is 6.54 Å². The van der Waals surface area contributed by atoms with E-state index in [1.807, 2.05) is 13.8 Å². The lowest BCUT2D eigenvalue weighted by Gasteiger charge is -2.29. The second-order valence-electron chi connectivity index (χ2n) is 8.98. The molecule has 0 saturated carbocycles. The molecule has 0 spiro atoms. The Morgan fingerprint density at radius 3 is 2.20 bits per heavy atom. The number of carbonyl (C=O) groups is 4. The fraction of sp³-hybridized carbons (Fsp3) is 0.545. The van der Waals surface area contributed by atoms with Gasteiger partial charge in [0.05, 0.1) is 18.7 Å². The molecule has 2 aromatic rings. The molecule has 7 N–H and O–H groups in total. The minimum Gasteiger partial charge on any atom is -0.480 e. The Bertz CT molecular complexity index is 1010. The number of likely N-dealkylation sites (tertiary alicyclic amines) is 1. The molecule has 4 unspecified atom stereocenters. The molecular weight excluding hydrogens is 456 g/mol. The van der Waals surface area contributed by atoms with Crippen LogP contribution in [0.15, 0.2) is 25.0 Å². The third-order valence-electron chi connectivity index (χ3n) is 6.05. The van der Waals surface area contributed by atoms with Gasteiger partial charge in [-0.1, -0.05) is 13.8 Å². The maximum absolute atomic E-state index is 13.2. The van der Waals surface area contributed by atoms with Crippen molar-refractivity contribution < 1.29 is 24.3 Å². The topological polar surface area (TPSA) is 199 Å². The number of nitrogens with two attached hydrogens (primary N) is 1. The zero-order valence-electron chi connectivity index (χ0n) is 19.7. The maximum Gasteiger partial charge on any atom is 0.326 e. The molecule has 1 aliphatic rings. The number of aliphatic carboxylic acids is 1. The van der Waals surface area contributed by atoms with Gasteiger partial charge in [-0.3, -0.25) is 14.4 Å². The number of nitrogens with zero attached hydrogens (tertiary/aromatic N) is 3. The summed E-state index contributed by atoms with van der Waals surface area (Å²) < 4.78 is 0. The number of hydrogen-bond acceptors (Lipinski definition) is 7. The standard InChI is InChI=1S/C22H32N8O5/c1-12(2)18(23)21(33)30-5-3-4-17(30)20(32)28-15(6-13-8-24-10-26-13)19(31)29-16(22(34)35)7-14-9-25-11-27-14/h8-12,15-18H,3-7,23H2,1-2H3,(H,24,26)(H,25,27)(H,28,32)(H,29,31)(H,34,35). The molecule has 190 valence electrons. The largest absolute Gasteiger partial charge is 0.480 e. The van der Waals surface area contributed by atoms with E-state index in [4.69, 9.17) is 5.73 Å². The molecule has 0 radical (unpaired) electrons. The first-order valence-corrected chi connectivity index (χ1v) is 11.5. The van der Waals surface area contributed by atoms with Crippen LogP contribution in [0, 0.1) is 5.92 Å². The molecule has 0 aromatic carbocycles. The fourth-order valence-corrected chi connectivity index (χ4v) is 3.96. The number of imidazole rings is 2. The number of rotatable bonds is 11. The lowest BCUT2D eigenvalue weighted by atomic mass is 10.0. The summed E-state index contributed by atoms with van der Waals surface area (Å²) in [5.74, 6) is -2.79. The molecular formula is C22H32N8O5. The van der Waals surface area contributed by atoms with Crippen LogP contribution >= 0.6 is 0 Å². The van der Waals surface area contributed by atoms with Crippen LogP contribution in [0.5, 0.6) is 0 Å². The predicted octanol–water partition coefficient (Wildman–Crippen LogP) is -1.05. The van der Waals surface area contributed by atoms with E-state index in [2.05, 4.69) is 30.6 Å². The van der Waals surface area contributed by atoms with Gasteiger partial charge in [-0.25, -0.2) is 14.8 Å². The summed E-state index contributed by atoms with van der Waals surface area (Å²) in [5.41, 5.74) is 7.13. The first-order valence-electron chi connectivity index (χ1n) is 11.5. The number of aromatic amines is 2. The second kappa shape index (κ2) is 11.6. The van der Waals surface area contributed by atoms with E-state index in [-0.39, 0.29) is 24.7 Å². The van der Waals surface area contributed by atoms with Crippen molar-refractivity contribution in [2.45, 2.75) is 63.7 Å². The van der Waals surface area contributed by atoms with Crippen LogP contribution in [0.1, 0.15) is 38.1 Å². The average molecular weight is 489 g/mol. The van der Waals surface area contributed by atoms with Crippen molar-refractivity contribution in [3.8, 4) is 0 Å². The van der Waals surface area contributed by atoms with Crippen LogP contribution in [0.2, 0.25) is 0 Å². The zero-order chi connectivity index (χ0) is 25.5. The molecule has 3 amide bonds. The number of hydrogen-bond donors (Lipinski definition) is 6. The second-order valence-corrected chi connectivity index (χ2v) is 8.98. The minimum atomic E-state index is -1.24. The first-order chi connectivity index (χ1) is 16.7. The van der Waals surface area contributed by atoms with Gasteiger partial charge in [-0.2, -0.15) is 0 Å². The van der Waals surface area contributed by atoms with Gasteiger partial charge >= 0.3 is 5.97 Å². The summed E-state index contributed by atoms with van der Waals surface area (Å²) in [7, 11) is 0. The Labute approximate surface area is 202 Å². The lowest BCUT2D eigenvalue weighted by molar-refractivity contribution is -0.143. The van der Waals surface area contributed by atoms with Gasteiger partial charge in [0.25, 0.3) is 0 Å². The summed E-state index contributed by atoms with van der Waals surface area (Å²) in [6.07, 6.45) is 6.96. The SMILES string of the molecule is CC(C)C(N)C(=O)N1CCCC1C(=O)NC(Cc1cnc[nH]1)C(=O)NC(Cc1cnc[nH]1)C(=O)O. The Morgan fingerprint density at radius 1 is 1.09 bits per heavy atom. The number of carboxylic acid groups (broad SMARTS) is 1. The maximum atomic E-state index is 13.2. The monoisotopic (exact) mass is 488 g/mol. The number of H-pyrrole nitrogens is 2. The fourth-order valence-electron chi connectivity index (χ4n) is 3.96. The normalized spacial score (nSPS) is 18.2. The molecule has 1 fully saturated rings. The molecule has 0 bridgehead atoms. The van der Waals surface area contributed by atoms with E-state index in [1.54, 1.807) is 0 Å². The van der Waals surface area contributed by atoms with Crippen LogP contribution < -0.4 is 16.4 Å². The summed E-state index contributed by atoms with van der Waals surface area (Å²) in [6.45, 7) is 4.07. The molecule has 13 heteroatoms. The van der Waals surface area contributed by atoms with E-state index >= 15 is 0 Å². The van der Waals surface area contributed by atoms with Crippen LogP contribution in [-0.2, 0) is 32.0 Å². The number of nitrogens with one attached hydrogen (secondary N) is 4. The molecule has 2 aromatic heterocycles. The molecule has 0 aliphatic carbocycles. The zero-order valence-corrected chi connectivity index (χ0v) is 19.7. The first kappa shape index (κ1) is 25.9. The van der Waals surface area contributed by atoms with Gasteiger partial charge in [0.1, 0.15) is 18.1 Å². The van der Waals surface area contributed by atoms with Gasteiger partial charge in [-0.05, 0) is 18.8 Å². The van der Waals surface area contributed by atoms with Gasteiger partial charge in [0.2, 0.25) is 17.7 Å². The van der Waals surface area contributed by atoms with Gasteiger partial charge in [-0.15, -0.1) is 0 Å². The van der Waals surface area contributed by atoms with Gasteiger partial charge in [0.15, 0.2) is 0 Å². The highest BCUT2D eigenvalue weighted by atomic mass is 16.4. The van der Waals surface area contributed by atoms with Gasteiger partial charge < -0.3 is 36.3 Å². The van der Waals surface area contributed by atoms with E-state index in [0.717, 1.165) is 0 Å². The summed E-state index contributed by atoms with van der Waals surface area (Å²) >= 11 is 0. The van der Waals surface area contributed by atoms with Crippen molar-refractivity contribution in [1.82, 2.24) is 35.5 Å². The average Bonchev–Trinajstić information content (AvgIpc) is 3.59. The molecule has 3 rings (SSSR count). The third-order valence-corrected chi connectivity index (χ3v) is 6.05. The third kappa shape index (κ3) is 6.66. The molecule has 3 heterocycles. The number of carbonyl (C=O) groups excluding carboxylic acids is 3. The highest BCUT2D eigenvalue weighted by Gasteiger charge is 2.38. The number of carboxylic acids is 1. The number of aromatic nitrogens is 4. The summed E-state index contributed by atoms with van der Waals surface area (Å²) in [5, 5.41) is 14.8. The van der Waals surface area contributed by atoms with Crippen molar-refractivity contribution in [1.29, 1.82) is 0 Å². The van der Waals surface area contributed by atoms with Crippen LogP contribution in [0.25, 0.3) is 0 Å². The highest BCUT2D eigenvalue weighted by Crippen LogP contribution is 2.20. The van der Waals surface area contributed by atoms with Crippen molar-refractivity contribution in [3.05, 3.63) is 36.4 Å². The van der Waals surface area contributed by atoms with Gasteiger partial charge in [0, 0.05) is 43.2 Å². The van der Waals surface area contributed by atoms with E-state index in [0.29, 0.717) is 30.8 Å². The van der Waals surface area contributed by atoms with Crippen LogP contribution in [0.3, 0.4) is 0 Å². The Hall–Kier alpha value is -3.74. The quantitative estimate of drug-likeness (QED) is 0.230. The Kier molecular flexibility index (Phi) is 8.58. The molecule has 35 heavy (non-hydrogen) atoms. The molecule has 1 aliphatic heterocycles. The Morgan fingerprint density at radius 2 is 1.69 bits per heavy atom. The lowest BCUT2D eigenvalue weighted by Crippen LogP contribution is -2.57. The van der Waals surface area contributed by atoms with Crippen LogP contribution in [-0.4, -0.2) is 84.3 Å². The molecule has 13 nitrogen and oxygen atoms in total. The predicted molar refractivity (Wildman–Crippen MR) is 124 cm³/mol. The minimum absolute atomic E-state index is 0.0101.